The molecule has 1 aromatic heterocycles. The van der Waals surface area contributed by atoms with E-state index < -0.39 is 20.4 Å². The number of nitrogens with one attached hydrogen (secondary N) is 1. The molecule has 0 aliphatic carbocycles. The van der Waals surface area contributed by atoms with E-state index in [2.05, 4.69) is 10.5 Å². The first-order valence-corrected chi connectivity index (χ1v) is 8.76. The molecular weight excluding hydrogens is 322 g/mol. The molecule has 0 unspecified atom stereocenters. The first-order valence-electron chi connectivity index (χ1n) is 6.87. The average Bonchev–Trinajstić information content (AvgIpc) is 2.92. The van der Waals surface area contributed by atoms with E-state index in [4.69, 9.17) is 4.52 Å². The SMILES string of the molecule is CC(C)c1cc(CNc2cccc(S(C)(=O)=O)c2[N+](=O)[O-])on1. The molecule has 0 spiro atoms. The van der Waals surface area contributed by atoms with Gasteiger partial charge in [-0.25, -0.2) is 8.42 Å². The zero-order valence-electron chi connectivity index (χ0n) is 12.9. The maximum atomic E-state index is 11.7. The highest BCUT2D eigenvalue weighted by Gasteiger charge is 2.26. The van der Waals surface area contributed by atoms with Crippen LogP contribution < -0.4 is 5.32 Å². The molecule has 0 bridgehead atoms. The fraction of sp³-hybridized carbons (Fsp3) is 0.357. The van der Waals surface area contributed by atoms with Crippen molar-refractivity contribution in [2.24, 2.45) is 0 Å². The quantitative estimate of drug-likeness (QED) is 0.635. The smallest absolute Gasteiger partial charge is 0.310 e. The van der Waals surface area contributed by atoms with Gasteiger partial charge in [0.15, 0.2) is 15.6 Å². The third-order valence-electron chi connectivity index (χ3n) is 3.20. The van der Waals surface area contributed by atoms with E-state index in [1.165, 1.54) is 18.2 Å². The maximum absolute atomic E-state index is 11.7. The second kappa shape index (κ2) is 6.37. The summed E-state index contributed by atoms with van der Waals surface area (Å²) in [5, 5.41) is 18.0. The largest absolute Gasteiger partial charge is 0.372 e. The highest BCUT2D eigenvalue weighted by Crippen LogP contribution is 2.32. The van der Waals surface area contributed by atoms with Crippen molar-refractivity contribution < 1.29 is 17.9 Å². The fourth-order valence-electron chi connectivity index (χ4n) is 2.02. The van der Waals surface area contributed by atoms with E-state index >= 15 is 0 Å². The zero-order valence-corrected chi connectivity index (χ0v) is 13.8. The first-order chi connectivity index (χ1) is 10.7. The first kappa shape index (κ1) is 16.9. The Morgan fingerprint density at radius 1 is 1.39 bits per heavy atom. The third kappa shape index (κ3) is 3.86. The topological polar surface area (TPSA) is 115 Å². The number of aromatic nitrogens is 1. The monoisotopic (exact) mass is 339 g/mol. The Kier molecular flexibility index (Phi) is 4.69. The number of rotatable bonds is 6. The van der Waals surface area contributed by atoms with Crippen LogP contribution in [0.4, 0.5) is 11.4 Å². The molecule has 23 heavy (non-hydrogen) atoms. The number of nitro groups is 1. The van der Waals surface area contributed by atoms with Crippen LogP contribution in [0.2, 0.25) is 0 Å². The Bertz CT molecular complexity index is 827. The van der Waals surface area contributed by atoms with Crippen LogP contribution in [0.15, 0.2) is 33.7 Å². The van der Waals surface area contributed by atoms with Gasteiger partial charge in [-0.1, -0.05) is 25.1 Å². The molecule has 1 heterocycles. The molecular formula is C14H17N3O5S. The molecule has 0 amide bonds. The van der Waals surface area contributed by atoms with Gasteiger partial charge in [-0.2, -0.15) is 0 Å². The van der Waals surface area contributed by atoms with Crippen molar-refractivity contribution in [2.45, 2.75) is 31.2 Å². The van der Waals surface area contributed by atoms with Crippen LogP contribution in [-0.4, -0.2) is 24.8 Å². The van der Waals surface area contributed by atoms with Crippen LogP contribution in [-0.2, 0) is 16.4 Å². The van der Waals surface area contributed by atoms with Gasteiger partial charge < -0.3 is 9.84 Å². The summed E-state index contributed by atoms with van der Waals surface area (Å²) >= 11 is 0. The number of hydrogen-bond acceptors (Lipinski definition) is 7. The Morgan fingerprint density at radius 3 is 2.61 bits per heavy atom. The lowest BCUT2D eigenvalue weighted by Crippen LogP contribution is -2.07. The Morgan fingerprint density at radius 2 is 2.09 bits per heavy atom. The van der Waals surface area contributed by atoms with Crippen LogP contribution in [0.5, 0.6) is 0 Å². The van der Waals surface area contributed by atoms with Crippen molar-refractivity contribution in [2.75, 3.05) is 11.6 Å². The molecule has 0 atom stereocenters. The molecule has 0 saturated heterocycles. The predicted molar refractivity (Wildman–Crippen MR) is 84.1 cm³/mol. The molecule has 2 aromatic rings. The van der Waals surface area contributed by atoms with E-state index in [1.807, 2.05) is 13.8 Å². The molecule has 0 radical (unpaired) electrons. The van der Waals surface area contributed by atoms with E-state index in [-0.39, 0.29) is 23.0 Å². The van der Waals surface area contributed by atoms with Gasteiger partial charge >= 0.3 is 5.69 Å². The molecule has 8 nitrogen and oxygen atoms in total. The van der Waals surface area contributed by atoms with Crippen molar-refractivity contribution >= 4 is 21.2 Å². The minimum atomic E-state index is -3.71. The number of anilines is 1. The van der Waals surface area contributed by atoms with Gasteiger partial charge in [0.2, 0.25) is 0 Å². The van der Waals surface area contributed by atoms with E-state index in [9.17, 15) is 18.5 Å². The van der Waals surface area contributed by atoms with Crippen LogP contribution >= 0.6 is 0 Å². The summed E-state index contributed by atoms with van der Waals surface area (Å²) < 4.78 is 28.5. The number of benzene rings is 1. The van der Waals surface area contributed by atoms with Crippen LogP contribution in [0.1, 0.15) is 31.2 Å². The summed E-state index contributed by atoms with van der Waals surface area (Å²) in [5.41, 5.74) is 0.417. The number of para-hydroxylation sites is 1. The second-order valence-electron chi connectivity index (χ2n) is 5.41. The number of sulfone groups is 1. The molecule has 1 aromatic carbocycles. The predicted octanol–water partition coefficient (Wildman–Crippen LogP) is 2.72. The summed E-state index contributed by atoms with van der Waals surface area (Å²) in [6.45, 7) is 4.10. The minimum absolute atomic E-state index is 0.112. The van der Waals surface area contributed by atoms with Gasteiger partial charge in [-0.05, 0) is 18.1 Å². The number of hydrogen-bond donors (Lipinski definition) is 1. The van der Waals surface area contributed by atoms with Gasteiger partial charge in [0.25, 0.3) is 0 Å². The standard InChI is InChI=1S/C14H17N3O5S/c1-9(2)12-7-10(22-16-12)8-15-11-5-4-6-13(23(3,20)21)14(11)17(18)19/h4-7,9,15H,8H2,1-3H3. The van der Waals surface area contributed by atoms with Gasteiger partial charge in [0.1, 0.15) is 10.6 Å². The van der Waals surface area contributed by atoms with Crippen molar-refractivity contribution in [1.82, 2.24) is 5.16 Å². The Hall–Kier alpha value is -2.42. The average molecular weight is 339 g/mol. The van der Waals surface area contributed by atoms with E-state index in [0.29, 0.717) is 5.76 Å². The molecule has 0 saturated carbocycles. The lowest BCUT2D eigenvalue weighted by molar-refractivity contribution is -0.386. The van der Waals surface area contributed by atoms with Crippen molar-refractivity contribution in [3.05, 3.63) is 45.8 Å². The summed E-state index contributed by atoms with van der Waals surface area (Å²) in [6.07, 6.45) is 0.935. The van der Waals surface area contributed by atoms with Gasteiger partial charge in [0.05, 0.1) is 17.2 Å². The highest BCUT2D eigenvalue weighted by molar-refractivity contribution is 7.90. The second-order valence-corrected chi connectivity index (χ2v) is 7.39. The number of nitrogens with zero attached hydrogens (tertiary/aromatic N) is 2. The van der Waals surface area contributed by atoms with Gasteiger partial charge in [0, 0.05) is 12.3 Å². The molecule has 2 rings (SSSR count). The molecule has 9 heteroatoms. The summed E-state index contributed by atoms with van der Waals surface area (Å²) in [5.74, 6) is 0.711. The summed E-state index contributed by atoms with van der Waals surface area (Å²) in [7, 11) is -3.71. The van der Waals surface area contributed by atoms with Crippen molar-refractivity contribution in [1.29, 1.82) is 0 Å². The zero-order chi connectivity index (χ0) is 17.2. The lowest BCUT2D eigenvalue weighted by Gasteiger charge is -2.08. The van der Waals surface area contributed by atoms with Crippen molar-refractivity contribution in [3.8, 4) is 0 Å². The van der Waals surface area contributed by atoms with Crippen LogP contribution in [0.3, 0.4) is 0 Å². The molecule has 0 fully saturated rings. The lowest BCUT2D eigenvalue weighted by atomic mass is 10.1. The third-order valence-corrected chi connectivity index (χ3v) is 4.33. The van der Waals surface area contributed by atoms with Gasteiger partial charge in [-0.15, -0.1) is 0 Å². The summed E-state index contributed by atoms with van der Waals surface area (Å²) in [6, 6.07) is 5.87. The van der Waals surface area contributed by atoms with Crippen LogP contribution in [0, 0.1) is 10.1 Å². The maximum Gasteiger partial charge on any atom is 0.310 e. The minimum Gasteiger partial charge on any atom is -0.372 e. The summed E-state index contributed by atoms with van der Waals surface area (Å²) in [4.78, 5) is 10.2. The fourth-order valence-corrected chi connectivity index (χ4v) is 2.88. The Balaban J connectivity index is 2.31. The molecule has 0 aliphatic heterocycles. The van der Waals surface area contributed by atoms with E-state index in [0.717, 1.165) is 11.9 Å². The van der Waals surface area contributed by atoms with E-state index in [1.54, 1.807) is 6.07 Å². The molecule has 0 aliphatic rings. The number of nitro benzene ring substituents is 1. The van der Waals surface area contributed by atoms with Crippen molar-refractivity contribution in [3.63, 3.8) is 0 Å². The van der Waals surface area contributed by atoms with Crippen LogP contribution in [0.25, 0.3) is 0 Å². The normalized spacial score (nSPS) is 11.7. The molecule has 1 N–H and O–H groups in total. The Labute approximate surface area is 133 Å². The molecule has 124 valence electrons. The highest BCUT2D eigenvalue weighted by atomic mass is 32.2. The van der Waals surface area contributed by atoms with Gasteiger partial charge in [-0.3, -0.25) is 10.1 Å².